The van der Waals surface area contributed by atoms with Gasteiger partial charge in [-0.2, -0.15) is 0 Å². The van der Waals surface area contributed by atoms with Crippen LogP contribution in [-0.4, -0.2) is 47.1 Å². The van der Waals surface area contributed by atoms with Crippen LogP contribution in [0.1, 0.15) is 24.0 Å². The Morgan fingerprint density at radius 3 is 2.04 bits per heavy atom. The van der Waals surface area contributed by atoms with E-state index in [0.717, 1.165) is 11.1 Å². The first kappa shape index (κ1) is 17.6. The van der Waals surface area contributed by atoms with Crippen LogP contribution in [0.4, 0.5) is 0 Å². The summed E-state index contributed by atoms with van der Waals surface area (Å²) >= 11 is 0. The van der Waals surface area contributed by atoms with E-state index < -0.39 is 24.2 Å². The van der Waals surface area contributed by atoms with Crippen molar-refractivity contribution in [3.8, 4) is 0 Å². The van der Waals surface area contributed by atoms with Crippen LogP contribution in [0.5, 0.6) is 0 Å². The minimum Gasteiger partial charge on any atom is -0.394 e. The van der Waals surface area contributed by atoms with Gasteiger partial charge in [-0.25, -0.2) is 0 Å². The number of rotatable bonds is 5. The van der Waals surface area contributed by atoms with Crippen molar-refractivity contribution in [2.45, 2.75) is 37.2 Å². The molecule has 1 amide bonds. The van der Waals surface area contributed by atoms with Gasteiger partial charge in [-0.15, -0.1) is 0 Å². The number of amides is 1. The number of hydrogen-bond acceptors (Lipinski definition) is 4. The summed E-state index contributed by atoms with van der Waals surface area (Å²) in [4.78, 5) is 13.0. The molecule has 1 heterocycles. The Balaban J connectivity index is 1.86. The van der Waals surface area contributed by atoms with Crippen molar-refractivity contribution >= 4 is 5.91 Å². The fourth-order valence-electron chi connectivity index (χ4n) is 3.34. The molecule has 1 aliphatic rings. The highest BCUT2D eigenvalue weighted by molar-refractivity contribution is 5.87. The number of nitrogens with one attached hydrogen (secondary N) is 1. The van der Waals surface area contributed by atoms with Gasteiger partial charge in [0.25, 0.3) is 0 Å². The average Bonchev–Trinajstić information content (AvgIpc) is 2.91. The van der Waals surface area contributed by atoms with Gasteiger partial charge in [0, 0.05) is 0 Å². The normalized spacial score (nSPS) is 25.9. The molecule has 132 valence electrons. The number of benzene rings is 2. The molecular weight excluding hydrogens is 318 g/mol. The van der Waals surface area contributed by atoms with E-state index in [1.165, 1.54) is 0 Å². The molecule has 2 aromatic rings. The molecule has 1 saturated heterocycles. The third kappa shape index (κ3) is 3.74. The summed E-state index contributed by atoms with van der Waals surface area (Å²) in [5.41, 5.74) is 1.76. The average molecular weight is 341 g/mol. The second-order valence-corrected chi connectivity index (χ2v) is 6.34. The van der Waals surface area contributed by atoms with Crippen LogP contribution < -0.4 is 5.32 Å². The lowest BCUT2D eigenvalue weighted by atomic mass is 9.90. The molecule has 0 aliphatic carbocycles. The number of ether oxygens (including phenoxy) is 1. The van der Waals surface area contributed by atoms with Crippen LogP contribution in [0.3, 0.4) is 0 Å². The Labute approximate surface area is 147 Å². The molecule has 5 nitrogen and oxygen atoms in total. The fraction of sp³-hybridized carbons (Fsp3) is 0.350. The Morgan fingerprint density at radius 1 is 1.08 bits per heavy atom. The van der Waals surface area contributed by atoms with E-state index in [4.69, 9.17) is 4.74 Å². The largest absolute Gasteiger partial charge is 0.394 e. The molecule has 1 fully saturated rings. The van der Waals surface area contributed by atoms with Gasteiger partial charge in [-0.1, -0.05) is 60.7 Å². The minimum atomic E-state index is -0.934. The first-order valence-electron chi connectivity index (χ1n) is 8.46. The van der Waals surface area contributed by atoms with Gasteiger partial charge < -0.3 is 20.3 Å². The SMILES string of the molecule is C[C@@H]1O[C@H](CO)C(O)C1NC(=O)C(c1ccccc1)c1ccccc1. The maximum Gasteiger partial charge on any atom is 0.232 e. The van der Waals surface area contributed by atoms with Crippen molar-refractivity contribution in [1.82, 2.24) is 5.32 Å². The molecular formula is C20H23NO4. The van der Waals surface area contributed by atoms with Gasteiger partial charge in [0.2, 0.25) is 5.91 Å². The maximum absolute atomic E-state index is 13.0. The van der Waals surface area contributed by atoms with Crippen LogP contribution in [0, 0.1) is 0 Å². The Bertz CT molecular complexity index is 652. The van der Waals surface area contributed by atoms with E-state index in [1.807, 2.05) is 60.7 Å². The molecule has 0 spiro atoms. The van der Waals surface area contributed by atoms with Crippen LogP contribution in [0.25, 0.3) is 0 Å². The van der Waals surface area contributed by atoms with E-state index in [-0.39, 0.29) is 18.6 Å². The summed E-state index contributed by atoms with van der Waals surface area (Å²) in [6.07, 6.45) is -1.98. The van der Waals surface area contributed by atoms with Gasteiger partial charge in [-0.3, -0.25) is 4.79 Å². The molecule has 0 saturated carbocycles. The molecule has 0 radical (unpaired) electrons. The van der Waals surface area contributed by atoms with Gasteiger partial charge in [-0.05, 0) is 18.1 Å². The fourth-order valence-corrected chi connectivity index (χ4v) is 3.34. The molecule has 3 rings (SSSR count). The van der Waals surface area contributed by atoms with Crippen molar-refractivity contribution in [3.63, 3.8) is 0 Å². The predicted molar refractivity (Wildman–Crippen MR) is 94.1 cm³/mol. The van der Waals surface area contributed by atoms with Crippen molar-refractivity contribution in [2.75, 3.05) is 6.61 Å². The van der Waals surface area contributed by atoms with Crippen molar-refractivity contribution in [2.24, 2.45) is 0 Å². The molecule has 2 aromatic carbocycles. The lowest BCUT2D eigenvalue weighted by Crippen LogP contribution is -2.48. The van der Waals surface area contributed by atoms with Crippen molar-refractivity contribution in [1.29, 1.82) is 0 Å². The van der Waals surface area contributed by atoms with E-state index in [0.29, 0.717) is 0 Å². The van der Waals surface area contributed by atoms with E-state index in [2.05, 4.69) is 5.32 Å². The zero-order valence-electron chi connectivity index (χ0n) is 14.1. The van der Waals surface area contributed by atoms with Gasteiger partial charge in [0.1, 0.15) is 12.2 Å². The number of hydrogen-bond donors (Lipinski definition) is 3. The zero-order chi connectivity index (χ0) is 17.8. The molecule has 2 unspecified atom stereocenters. The summed E-state index contributed by atoms with van der Waals surface area (Å²) in [6.45, 7) is 1.50. The lowest BCUT2D eigenvalue weighted by Gasteiger charge is -2.24. The summed E-state index contributed by atoms with van der Waals surface area (Å²) in [5.74, 6) is -0.675. The predicted octanol–water partition coefficient (Wildman–Crippen LogP) is 1.44. The Hall–Kier alpha value is -2.21. The minimum absolute atomic E-state index is 0.199. The van der Waals surface area contributed by atoms with Gasteiger partial charge in [0.15, 0.2) is 0 Å². The van der Waals surface area contributed by atoms with Crippen LogP contribution in [-0.2, 0) is 9.53 Å². The Kier molecular flexibility index (Phi) is 5.48. The third-order valence-electron chi connectivity index (χ3n) is 4.66. The molecule has 0 aromatic heterocycles. The number of carbonyl (C=O) groups excluding carboxylic acids is 1. The van der Waals surface area contributed by atoms with Gasteiger partial charge >= 0.3 is 0 Å². The quantitative estimate of drug-likeness (QED) is 0.769. The summed E-state index contributed by atoms with van der Waals surface area (Å²) in [6, 6.07) is 18.5. The van der Waals surface area contributed by atoms with E-state index in [1.54, 1.807) is 6.92 Å². The van der Waals surface area contributed by atoms with Gasteiger partial charge in [0.05, 0.1) is 24.7 Å². The topological polar surface area (TPSA) is 78.8 Å². The standard InChI is InChI=1S/C20H23NO4/c1-13-18(19(23)16(12-22)25-13)21-20(24)17(14-8-4-2-5-9-14)15-10-6-3-7-11-15/h2-11,13,16-19,22-23H,12H2,1H3,(H,21,24)/t13-,16+,18?,19?/m0/s1. The number of aliphatic hydroxyl groups excluding tert-OH is 2. The van der Waals surface area contributed by atoms with E-state index >= 15 is 0 Å². The van der Waals surface area contributed by atoms with Crippen molar-refractivity contribution < 1.29 is 19.7 Å². The monoisotopic (exact) mass is 341 g/mol. The smallest absolute Gasteiger partial charge is 0.232 e. The highest BCUT2D eigenvalue weighted by Gasteiger charge is 2.42. The second-order valence-electron chi connectivity index (χ2n) is 6.34. The van der Waals surface area contributed by atoms with Crippen LogP contribution >= 0.6 is 0 Å². The summed E-state index contributed by atoms with van der Waals surface area (Å²) in [5, 5.41) is 22.5. The number of carbonyl (C=O) groups is 1. The second kappa shape index (κ2) is 7.78. The first-order chi connectivity index (χ1) is 12.1. The van der Waals surface area contributed by atoms with E-state index in [9.17, 15) is 15.0 Å². The molecule has 3 N–H and O–H groups in total. The molecule has 0 bridgehead atoms. The third-order valence-corrected chi connectivity index (χ3v) is 4.66. The first-order valence-corrected chi connectivity index (χ1v) is 8.46. The number of aliphatic hydroxyl groups is 2. The Morgan fingerprint density at radius 2 is 1.60 bits per heavy atom. The highest BCUT2D eigenvalue weighted by Crippen LogP contribution is 2.27. The summed E-state index contributed by atoms with van der Waals surface area (Å²) in [7, 11) is 0. The zero-order valence-corrected chi connectivity index (χ0v) is 14.1. The molecule has 25 heavy (non-hydrogen) atoms. The molecule has 4 atom stereocenters. The maximum atomic E-state index is 13.0. The van der Waals surface area contributed by atoms with Crippen molar-refractivity contribution in [3.05, 3.63) is 71.8 Å². The highest BCUT2D eigenvalue weighted by atomic mass is 16.5. The van der Waals surface area contributed by atoms with Crippen LogP contribution in [0.15, 0.2) is 60.7 Å². The summed E-state index contributed by atoms with van der Waals surface area (Å²) < 4.78 is 5.51. The van der Waals surface area contributed by atoms with Crippen LogP contribution in [0.2, 0.25) is 0 Å². The molecule has 1 aliphatic heterocycles. The molecule has 5 heteroatoms. The lowest BCUT2D eigenvalue weighted by molar-refractivity contribution is -0.123.